The van der Waals surface area contributed by atoms with Gasteiger partial charge in [0.25, 0.3) is 0 Å². The Morgan fingerprint density at radius 1 is 0.912 bits per heavy atom. The number of hydrogen-bond donors (Lipinski definition) is 8. The molecule has 11 N–H and O–H groups in total. The van der Waals surface area contributed by atoms with Gasteiger partial charge in [0.15, 0.2) is 5.96 Å². The smallest absolute Gasteiger partial charge is 0.326 e. The number of nitrogens with zero attached hydrogens (tertiary/aromatic N) is 1. The molecule has 0 fully saturated rings. The van der Waals surface area contributed by atoms with Crippen LogP contribution in [-0.2, 0) is 24.0 Å². The normalized spacial score (nSPS) is 15.1. The van der Waals surface area contributed by atoms with E-state index in [4.69, 9.17) is 22.3 Å². The lowest BCUT2D eigenvalue weighted by molar-refractivity contribution is -0.144. The second-order valence-electron chi connectivity index (χ2n) is 7.99. The fourth-order valence-corrected chi connectivity index (χ4v) is 2.80. The van der Waals surface area contributed by atoms with Crippen LogP contribution in [0.15, 0.2) is 4.99 Å². The zero-order valence-corrected chi connectivity index (χ0v) is 19.7. The predicted molar refractivity (Wildman–Crippen MR) is 123 cm³/mol. The van der Waals surface area contributed by atoms with Gasteiger partial charge in [0.05, 0.1) is 6.04 Å². The molecule has 34 heavy (non-hydrogen) atoms. The van der Waals surface area contributed by atoms with Crippen molar-refractivity contribution in [3.05, 3.63) is 0 Å². The minimum absolute atomic E-state index is 0.0972. The Balaban J connectivity index is 5.26. The van der Waals surface area contributed by atoms with E-state index in [2.05, 4.69) is 20.9 Å². The number of nitrogens with two attached hydrogens (primary N) is 3. The highest BCUT2D eigenvalue weighted by atomic mass is 16.4. The number of amides is 3. The second kappa shape index (κ2) is 15.4. The maximum absolute atomic E-state index is 12.8. The van der Waals surface area contributed by atoms with Crippen LogP contribution >= 0.6 is 0 Å². The molecule has 0 spiro atoms. The van der Waals surface area contributed by atoms with Crippen LogP contribution in [0.1, 0.15) is 52.9 Å². The first kappa shape index (κ1) is 30.6. The summed E-state index contributed by atoms with van der Waals surface area (Å²) < 4.78 is 0. The molecule has 5 unspecified atom stereocenters. The van der Waals surface area contributed by atoms with E-state index in [9.17, 15) is 29.1 Å². The number of carboxylic acids is 2. The lowest BCUT2D eigenvalue weighted by Gasteiger charge is -2.25. The highest BCUT2D eigenvalue weighted by Crippen LogP contribution is 2.09. The van der Waals surface area contributed by atoms with Gasteiger partial charge in [0.2, 0.25) is 17.7 Å². The van der Waals surface area contributed by atoms with Crippen molar-refractivity contribution in [1.29, 1.82) is 0 Å². The lowest BCUT2D eigenvalue weighted by Crippen LogP contribution is -2.57. The quantitative estimate of drug-likeness (QED) is 0.0664. The minimum atomic E-state index is -1.20. The molecule has 14 heteroatoms. The van der Waals surface area contributed by atoms with Crippen molar-refractivity contribution in [3.63, 3.8) is 0 Å². The number of carbonyl (C=O) groups excluding carboxylic acids is 3. The molecule has 0 aliphatic rings. The molecule has 0 saturated carbocycles. The Kier molecular flexibility index (Phi) is 13.9. The van der Waals surface area contributed by atoms with Gasteiger partial charge in [0, 0.05) is 13.0 Å². The third kappa shape index (κ3) is 12.0. The highest BCUT2D eigenvalue weighted by molar-refractivity contribution is 5.94. The molecule has 0 bridgehead atoms. The van der Waals surface area contributed by atoms with Gasteiger partial charge in [-0.15, -0.1) is 0 Å². The summed E-state index contributed by atoms with van der Waals surface area (Å²) in [6.07, 6.45) is 0.480. The summed E-state index contributed by atoms with van der Waals surface area (Å²) in [6, 6.07) is -4.50. The Morgan fingerprint density at radius 3 is 2.03 bits per heavy atom. The zero-order valence-electron chi connectivity index (χ0n) is 19.7. The predicted octanol–water partition coefficient (Wildman–Crippen LogP) is -2.16. The van der Waals surface area contributed by atoms with Crippen LogP contribution in [-0.4, -0.2) is 76.5 Å². The Bertz CT molecular complexity index is 756. The third-order valence-electron chi connectivity index (χ3n) is 5.11. The topological polar surface area (TPSA) is 252 Å². The number of aliphatic imine (C=N–C) groups is 1. The monoisotopic (exact) mass is 487 g/mol. The van der Waals surface area contributed by atoms with Gasteiger partial charge in [-0.05, 0) is 32.1 Å². The molecule has 0 aromatic rings. The van der Waals surface area contributed by atoms with E-state index in [0.717, 1.165) is 0 Å². The fourth-order valence-electron chi connectivity index (χ4n) is 2.80. The number of carboxylic acid groups (broad SMARTS) is 2. The molecular formula is C20H37N7O7. The van der Waals surface area contributed by atoms with Crippen molar-refractivity contribution in [1.82, 2.24) is 16.0 Å². The first-order valence-electron chi connectivity index (χ1n) is 11.0. The van der Waals surface area contributed by atoms with E-state index in [0.29, 0.717) is 12.8 Å². The van der Waals surface area contributed by atoms with Gasteiger partial charge in [-0.1, -0.05) is 20.3 Å². The van der Waals surface area contributed by atoms with Gasteiger partial charge in [-0.25, -0.2) is 4.79 Å². The molecule has 0 aromatic heterocycles. The van der Waals surface area contributed by atoms with Crippen molar-refractivity contribution in [2.45, 2.75) is 77.0 Å². The lowest BCUT2D eigenvalue weighted by atomic mass is 9.98. The number of hydrogen-bond acceptors (Lipinski definition) is 7. The maximum atomic E-state index is 12.8. The molecule has 5 atom stereocenters. The number of guanidine groups is 1. The molecule has 0 radical (unpaired) electrons. The summed E-state index contributed by atoms with van der Waals surface area (Å²) in [5, 5.41) is 25.4. The molecule has 3 amide bonds. The average Bonchev–Trinajstić information content (AvgIpc) is 2.76. The molecule has 14 nitrogen and oxygen atoms in total. The van der Waals surface area contributed by atoms with E-state index in [-0.39, 0.29) is 37.7 Å². The molecule has 0 aromatic carbocycles. The van der Waals surface area contributed by atoms with E-state index < -0.39 is 53.8 Å². The molecular weight excluding hydrogens is 450 g/mol. The van der Waals surface area contributed by atoms with Gasteiger partial charge in [-0.2, -0.15) is 0 Å². The van der Waals surface area contributed by atoms with Crippen molar-refractivity contribution < 1.29 is 34.2 Å². The van der Waals surface area contributed by atoms with Crippen molar-refractivity contribution in [3.8, 4) is 0 Å². The van der Waals surface area contributed by atoms with Gasteiger partial charge in [0.1, 0.15) is 18.1 Å². The number of rotatable bonds is 16. The van der Waals surface area contributed by atoms with Crippen molar-refractivity contribution in [2.75, 3.05) is 6.54 Å². The SMILES string of the molecule is CCC(C)C(NC(=O)C(CCCN=C(N)N)NC(=O)C(C)NC(=O)C(N)CCC(=O)O)C(=O)O. The summed E-state index contributed by atoms with van der Waals surface area (Å²) in [5.74, 6) is -4.95. The fraction of sp³-hybridized carbons (Fsp3) is 0.700. The maximum Gasteiger partial charge on any atom is 0.326 e. The molecule has 0 aliphatic heterocycles. The van der Waals surface area contributed by atoms with E-state index in [1.807, 2.05) is 0 Å². The molecule has 0 rings (SSSR count). The van der Waals surface area contributed by atoms with E-state index in [1.54, 1.807) is 13.8 Å². The molecule has 194 valence electrons. The second-order valence-corrected chi connectivity index (χ2v) is 7.99. The van der Waals surface area contributed by atoms with E-state index in [1.165, 1.54) is 6.92 Å². The standard InChI is InChI=1S/C20H37N7O7/c1-4-10(2)15(19(33)34)27-18(32)13(6-5-9-24-20(22)23)26-16(30)11(3)25-17(31)12(21)7-8-14(28)29/h10-13,15H,4-9,21H2,1-3H3,(H,25,31)(H,26,30)(H,27,32)(H,28,29)(H,33,34)(H4,22,23,24). The Hall–Kier alpha value is -3.42. The average molecular weight is 488 g/mol. The molecule has 0 aliphatic carbocycles. The third-order valence-corrected chi connectivity index (χ3v) is 5.11. The first-order valence-corrected chi connectivity index (χ1v) is 11.0. The zero-order chi connectivity index (χ0) is 26.4. The van der Waals surface area contributed by atoms with Crippen LogP contribution in [0.25, 0.3) is 0 Å². The van der Waals surface area contributed by atoms with Crippen molar-refractivity contribution in [2.24, 2.45) is 28.1 Å². The number of aliphatic carboxylic acids is 2. The summed E-state index contributed by atoms with van der Waals surface area (Å²) >= 11 is 0. The highest BCUT2D eigenvalue weighted by Gasteiger charge is 2.30. The first-order chi connectivity index (χ1) is 15.8. The summed E-state index contributed by atoms with van der Waals surface area (Å²) in [4.78, 5) is 63.5. The summed E-state index contributed by atoms with van der Waals surface area (Å²) in [6.45, 7) is 5.01. The van der Waals surface area contributed by atoms with Gasteiger partial charge < -0.3 is 43.4 Å². The number of nitrogens with one attached hydrogen (secondary N) is 3. The van der Waals surface area contributed by atoms with Crippen molar-refractivity contribution >= 4 is 35.6 Å². The number of carbonyl (C=O) groups is 5. The Morgan fingerprint density at radius 2 is 1.53 bits per heavy atom. The largest absolute Gasteiger partial charge is 0.481 e. The summed E-state index contributed by atoms with van der Waals surface area (Å²) in [7, 11) is 0. The van der Waals surface area contributed by atoms with Crippen LogP contribution in [0.5, 0.6) is 0 Å². The van der Waals surface area contributed by atoms with Crippen LogP contribution in [0.4, 0.5) is 0 Å². The minimum Gasteiger partial charge on any atom is -0.481 e. The van der Waals surface area contributed by atoms with Crippen LogP contribution in [0.3, 0.4) is 0 Å². The molecule has 0 heterocycles. The Labute approximate surface area is 198 Å². The van der Waals surface area contributed by atoms with Gasteiger partial charge >= 0.3 is 11.9 Å². The molecule has 0 saturated heterocycles. The van der Waals surface area contributed by atoms with Crippen LogP contribution in [0, 0.1) is 5.92 Å². The van der Waals surface area contributed by atoms with E-state index >= 15 is 0 Å². The van der Waals surface area contributed by atoms with Crippen LogP contribution < -0.4 is 33.2 Å². The van der Waals surface area contributed by atoms with Gasteiger partial charge in [-0.3, -0.25) is 24.2 Å². The van der Waals surface area contributed by atoms with Crippen LogP contribution in [0.2, 0.25) is 0 Å². The summed E-state index contributed by atoms with van der Waals surface area (Å²) in [5.41, 5.74) is 16.2.